The summed E-state index contributed by atoms with van der Waals surface area (Å²) >= 11 is 0. The lowest BCUT2D eigenvalue weighted by Gasteiger charge is -2.10. The molecule has 0 aromatic heterocycles. The van der Waals surface area contributed by atoms with Crippen LogP contribution in [0.4, 0.5) is 0 Å². The molecular formula is C21H22O4. The second-order valence-corrected chi connectivity index (χ2v) is 5.98. The van der Waals surface area contributed by atoms with Crippen LogP contribution in [0.3, 0.4) is 0 Å². The van der Waals surface area contributed by atoms with Crippen LogP contribution in [-0.2, 0) is 9.59 Å². The molecule has 4 nitrogen and oxygen atoms in total. The van der Waals surface area contributed by atoms with Crippen molar-refractivity contribution in [3.63, 3.8) is 0 Å². The second kappa shape index (κ2) is 8.29. The van der Waals surface area contributed by atoms with Crippen molar-refractivity contribution in [2.24, 2.45) is 0 Å². The van der Waals surface area contributed by atoms with E-state index < -0.39 is 0 Å². The van der Waals surface area contributed by atoms with Gasteiger partial charge in [0.05, 0.1) is 0 Å². The zero-order chi connectivity index (χ0) is 18.4. The van der Waals surface area contributed by atoms with Crippen molar-refractivity contribution in [3.05, 3.63) is 64.7 Å². The molecule has 4 heteroatoms. The lowest BCUT2D eigenvalue weighted by Crippen LogP contribution is -2.08. The molecule has 2 aromatic carbocycles. The molecule has 0 unspecified atom stereocenters. The molecule has 0 aliphatic rings. The van der Waals surface area contributed by atoms with Crippen LogP contribution < -0.4 is 9.47 Å². The fourth-order valence-corrected chi connectivity index (χ4v) is 2.41. The minimum absolute atomic E-state index is 0.0109. The summed E-state index contributed by atoms with van der Waals surface area (Å²) in [6.45, 7) is 7.09. The van der Waals surface area contributed by atoms with Gasteiger partial charge < -0.3 is 9.47 Å². The molecule has 0 N–H and O–H groups in total. The highest BCUT2D eigenvalue weighted by molar-refractivity contribution is 5.94. The van der Waals surface area contributed by atoms with Crippen molar-refractivity contribution in [2.75, 3.05) is 6.61 Å². The summed E-state index contributed by atoms with van der Waals surface area (Å²) < 4.78 is 10.7. The third-order valence-electron chi connectivity index (χ3n) is 3.59. The van der Waals surface area contributed by atoms with E-state index in [1.807, 2.05) is 57.2 Å². The van der Waals surface area contributed by atoms with E-state index in [1.165, 1.54) is 13.0 Å². The average molecular weight is 338 g/mol. The van der Waals surface area contributed by atoms with Gasteiger partial charge in [-0.25, -0.2) is 0 Å². The monoisotopic (exact) mass is 338 g/mol. The van der Waals surface area contributed by atoms with E-state index in [1.54, 1.807) is 6.08 Å². The molecule has 0 bridgehead atoms. The Labute approximate surface area is 148 Å². The number of ether oxygens (including phenoxy) is 2. The van der Waals surface area contributed by atoms with Crippen molar-refractivity contribution >= 4 is 17.8 Å². The number of aryl methyl sites for hydroxylation is 3. The predicted octanol–water partition coefficient (Wildman–Crippen LogP) is 4.20. The fraction of sp³-hybridized carbons (Fsp3) is 0.238. The molecular weight excluding hydrogens is 316 g/mol. The Morgan fingerprint density at radius 1 is 1.00 bits per heavy atom. The van der Waals surface area contributed by atoms with Crippen molar-refractivity contribution in [2.45, 2.75) is 27.7 Å². The first-order valence-corrected chi connectivity index (χ1v) is 8.05. The number of rotatable bonds is 6. The van der Waals surface area contributed by atoms with Gasteiger partial charge in [0.2, 0.25) is 0 Å². The van der Waals surface area contributed by atoms with Crippen molar-refractivity contribution in [3.8, 4) is 11.5 Å². The molecule has 0 saturated carbocycles. The summed E-state index contributed by atoms with van der Waals surface area (Å²) in [7, 11) is 0. The molecule has 0 saturated heterocycles. The molecule has 0 radical (unpaired) electrons. The number of hydrogen-bond acceptors (Lipinski definition) is 4. The summed E-state index contributed by atoms with van der Waals surface area (Å²) in [5.74, 6) is 0.765. The number of benzene rings is 2. The van der Waals surface area contributed by atoms with Gasteiger partial charge >= 0.3 is 5.97 Å². The molecule has 0 atom stereocenters. The largest absolute Gasteiger partial charge is 0.485 e. The zero-order valence-electron chi connectivity index (χ0n) is 15.0. The molecule has 25 heavy (non-hydrogen) atoms. The number of ketones is 1. The summed E-state index contributed by atoms with van der Waals surface area (Å²) in [6.07, 6.45) is 3.23. The molecule has 0 spiro atoms. The van der Waals surface area contributed by atoms with Gasteiger partial charge in [-0.05, 0) is 67.8 Å². The van der Waals surface area contributed by atoms with Crippen molar-refractivity contribution in [1.82, 2.24) is 0 Å². The van der Waals surface area contributed by atoms with Crippen LogP contribution in [0.15, 0.2) is 42.5 Å². The molecule has 2 rings (SSSR count). The fourth-order valence-electron chi connectivity index (χ4n) is 2.41. The quantitative estimate of drug-likeness (QED) is 0.450. The van der Waals surface area contributed by atoms with Crippen LogP contribution in [0.1, 0.15) is 29.2 Å². The zero-order valence-corrected chi connectivity index (χ0v) is 15.0. The highest BCUT2D eigenvalue weighted by Gasteiger charge is 2.08. The first-order chi connectivity index (χ1) is 11.8. The number of esters is 1. The van der Waals surface area contributed by atoms with E-state index in [0.29, 0.717) is 11.5 Å². The minimum atomic E-state index is -0.349. The van der Waals surface area contributed by atoms with Gasteiger partial charge in [-0.3, -0.25) is 9.59 Å². The number of hydrogen-bond donors (Lipinski definition) is 0. The number of carbonyl (C=O) groups excluding carboxylic acids is 2. The normalized spacial score (nSPS) is 10.7. The molecule has 130 valence electrons. The van der Waals surface area contributed by atoms with Gasteiger partial charge in [-0.15, -0.1) is 0 Å². The molecule has 0 fully saturated rings. The Bertz CT molecular complexity index is 778. The van der Waals surface area contributed by atoms with Gasteiger partial charge in [0.15, 0.2) is 12.4 Å². The molecule has 2 aromatic rings. The van der Waals surface area contributed by atoms with E-state index in [2.05, 4.69) is 0 Å². The van der Waals surface area contributed by atoms with Gasteiger partial charge in [-0.1, -0.05) is 23.8 Å². The maximum Gasteiger partial charge on any atom is 0.308 e. The molecule has 0 aliphatic carbocycles. The lowest BCUT2D eigenvalue weighted by atomic mass is 10.0. The Morgan fingerprint density at radius 3 is 2.16 bits per heavy atom. The summed E-state index contributed by atoms with van der Waals surface area (Å²) in [5, 5.41) is 0. The van der Waals surface area contributed by atoms with Gasteiger partial charge in [0.25, 0.3) is 0 Å². The van der Waals surface area contributed by atoms with Gasteiger partial charge in [0, 0.05) is 6.92 Å². The van der Waals surface area contributed by atoms with Gasteiger partial charge in [-0.2, -0.15) is 0 Å². The smallest absolute Gasteiger partial charge is 0.308 e. The summed E-state index contributed by atoms with van der Waals surface area (Å²) in [4.78, 5) is 23.1. The molecule has 0 aliphatic heterocycles. The third-order valence-corrected chi connectivity index (χ3v) is 3.59. The van der Waals surface area contributed by atoms with Crippen molar-refractivity contribution < 1.29 is 19.1 Å². The topological polar surface area (TPSA) is 52.6 Å². The Balaban J connectivity index is 1.99. The van der Waals surface area contributed by atoms with Gasteiger partial charge in [0.1, 0.15) is 11.5 Å². The van der Waals surface area contributed by atoms with Crippen LogP contribution in [-0.4, -0.2) is 18.4 Å². The molecule has 0 heterocycles. The van der Waals surface area contributed by atoms with E-state index in [0.717, 1.165) is 22.3 Å². The molecule has 0 amide bonds. The Morgan fingerprint density at radius 2 is 1.60 bits per heavy atom. The summed E-state index contributed by atoms with van der Waals surface area (Å²) in [6, 6.07) is 11.3. The Kier molecular flexibility index (Phi) is 6.12. The lowest BCUT2D eigenvalue weighted by molar-refractivity contribution is -0.132. The number of carbonyl (C=O) groups is 2. The van der Waals surface area contributed by atoms with Crippen LogP contribution in [0.5, 0.6) is 11.5 Å². The van der Waals surface area contributed by atoms with Crippen molar-refractivity contribution in [1.29, 1.82) is 0 Å². The Hall–Kier alpha value is -2.88. The first kappa shape index (κ1) is 18.5. The second-order valence-electron chi connectivity index (χ2n) is 5.98. The average Bonchev–Trinajstić information content (AvgIpc) is 2.55. The van der Waals surface area contributed by atoms with Crippen LogP contribution in [0.2, 0.25) is 0 Å². The van der Waals surface area contributed by atoms with E-state index in [-0.39, 0.29) is 18.4 Å². The van der Waals surface area contributed by atoms with Crippen LogP contribution in [0.25, 0.3) is 6.08 Å². The first-order valence-electron chi connectivity index (χ1n) is 8.05. The van der Waals surface area contributed by atoms with Crippen LogP contribution in [0, 0.1) is 20.8 Å². The standard InChI is InChI=1S/C21H22O4/c1-14-5-9-20(10-6-14)24-13-19(23)8-7-18-11-15(2)21(16(3)12-18)25-17(4)22/h5-12H,13H2,1-4H3. The predicted molar refractivity (Wildman–Crippen MR) is 97.9 cm³/mol. The van der Waals surface area contributed by atoms with E-state index in [9.17, 15) is 9.59 Å². The van der Waals surface area contributed by atoms with E-state index >= 15 is 0 Å². The maximum atomic E-state index is 12.0. The summed E-state index contributed by atoms with van der Waals surface area (Å²) in [5.41, 5.74) is 3.70. The third kappa shape index (κ3) is 5.60. The van der Waals surface area contributed by atoms with E-state index in [4.69, 9.17) is 9.47 Å². The highest BCUT2D eigenvalue weighted by Crippen LogP contribution is 2.25. The minimum Gasteiger partial charge on any atom is -0.485 e. The highest BCUT2D eigenvalue weighted by atomic mass is 16.5. The maximum absolute atomic E-state index is 12.0. The van der Waals surface area contributed by atoms with Crippen LogP contribution >= 0.6 is 0 Å². The SMILES string of the molecule is CC(=O)Oc1c(C)cc(C=CC(=O)COc2ccc(C)cc2)cc1C.